The van der Waals surface area contributed by atoms with Crippen LogP contribution in [0.25, 0.3) is 5.57 Å². The van der Waals surface area contributed by atoms with E-state index in [1.165, 1.54) is 11.6 Å². The summed E-state index contributed by atoms with van der Waals surface area (Å²) in [6.07, 6.45) is 6.29. The van der Waals surface area contributed by atoms with Crippen LogP contribution in [0.2, 0.25) is 0 Å². The van der Waals surface area contributed by atoms with Crippen molar-refractivity contribution in [1.29, 1.82) is 0 Å². The molecule has 1 aromatic carbocycles. The molecule has 1 heteroatoms. The highest BCUT2D eigenvalue weighted by Crippen LogP contribution is 2.21. The maximum Gasteiger partial charge on any atom is 0.123 e. The first-order valence-electron chi connectivity index (χ1n) is 7.02. The summed E-state index contributed by atoms with van der Waals surface area (Å²) < 4.78 is 13.1. The molecular weight excluding hydrogens is 235 g/mol. The first-order valence-corrected chi connectivity index (χ1v) is 7.02. The Kier molecular flexibility index (Phi) is 8.86. The fraction of sp³-hybridized carbons (Fsp3) is 0.444. The molecule has 1 atom stereocenters. The van der Waals surface area contributed by atoms with Crippen molar-refractivity contribution in [2.45, 2.75) is 47.5 Å². The van der Waals surface area contributed by atoms with E-state index in [1.807, 2.05) is 26.0 Å². The van der Waals surface area contributed by atoms with E-state index in [0.717, 1.165) is 24.0 Å². The SMILES string of the molecule is C=CCC.CCC(C)/C=C(/C)c1cc(F)ccc1C. The number of benzene rings is 1. The van der Waals surface area contributed by atoms with Gasteiger partial charge in [-0.15, -0.1) is 6.58 Å². The molecule has 0 amide bonds. The zero-order valence-corrected chi connectivity index (χ0v) is 13.0. The maximum atomic E-state index is 13.1. The van der Waals surface area contributed by atoms with Crippen LogP contribution >= 0.6 is 0 Å². The minimum atomic E-state index is -0.160. The van der Waals surface area contributed by atoms with Gasteiger partial charge >= 0.3 is 0 Å². The molecule has 19 heavy (non-hydrogen) atoms. The minimum Gasteiger partial charge on any atom is -0.207 e. The lowest BCUT2D eigenvalue weighted by atomic mass is 9.97. The lowest BCUT2D eigenvalue weighted by Gasteiger charge is -2.09. The molecule has 0 saturated heterocycles. The summed E-state index contributed by atoms with van der Waals surface area (Å²) in [7, 11) is 0. The zero-order chi connectivity index (χ0) is 14.8. The van der Waals surface area contributed by atoms with E-state index in [1.54, 1.807) is 6.07 Å². The van der Waals surface area contributed by atoms with Gasteiger partial charge in [0.25, 0.3) is 0 Å². The van der Waals surface area contributed by atoms with Gasteiger partial charge in [-0.05, 0) is 55.0 Å². The van der Waals surface area contributed by atoms with E-state index >= 15 is 0 Å². The highest BCUT2D eigenvalue weighted by Gasteiger charge is 2.03. The lowest BCUT2D eigenvalue weighted by molar-refractivity contribution is 0.626. The van der Waals surface area contributed by atoms with Gasteiger partial charge in [-0.3, -0.25) is 0 Å². The van der Waals surface area contributed by atoms with Gasteiger partial charge in [0.05, 0.1) is 0 Å². The molecule has 0 aliphatic rings. The van der Waals surface area contributed by atoms with Crippen LogP contribution in [-0.2, 0) is 0 Å². The van der Waals surface area contributed by atoms with Crippen LogP contribution in [0.1, 0.15) is 51.7 Å². The Hall–Kier alpha value is -1.37. The molecule has 1 aromatic rings. The van der Waals surface area contributed by atoms with Gasteiger partial charge in [-0.25, -0.2) is 4.39 Å². The molecule has 0 spiro atoms. The number of allylic oxidation sites excluding steroid dienone is 3. The van der Waals surface area contributed by atoms with E-state index in [9.17, 15) is 4.39 Å². The van der Waals surface area contributed by atoms with E-state index < -0.39 is 0 Å². The molecule has 1 rings (SSSR count). The summed E-state index contributed by atoms with van der Waals surface area (Å²) in [6.45, 7) is 13.9. The highest BCUT2D eigenvalue weighted by molar-refractivity contribution is 5.66. The molecule has 0 saturated carbocycles. The number of rotatable bonds is 4. The maximum absolute atomic E-state index is 13.1. The fourth-order valence-electron chi connectivity index (χ4n) is 1.65. The van der Waals surface area contributed by atoms with Gasteiger partial charge in [0.2, 0.25) is 0 Å². The fourth-order valence-corrected chi connectivity index (χ4v) is 1.65. The van der Waals surface area contributed by atoms with Crippen molar-refractivity contribution >= 4 is 5.57 Å². The third kappa shape index (κ3) is 6.95. The van der Waals surface area contributed by atoms with E-state index in [2.05, 4.69) is 33.4 Å². The van der Waals surface area contributed by atoms with E-state index in [0.29, 0.717) is 5.92 Å². The number of halogens is 1. The second-order valence-corrected chi connectivity index (χ2v) is 4.89. The third-order valence-corrected chi connectivity index (χ3v) is 3.09. The van der Waals surface area contributed by atoms with Gasteiger partial charge in [-0.2, -0.15) is 0 Å². The largest absolute Gasteiger partial charge is 0.207 e. The van der Waals surface area contributed by atoms with Crippen LogP contribution in [0.4, 0.5) is 4.39 Å². The molecule has 0 bridgehead atoms. The van der Waals surface area contributed by atoms with Crippen LogP contribution in [0.3, 0.4) is 0 Å². The Labute approximate surface area is 118 Å². The summed E-state index contributed by atoms with van der Waals surface area (Å²) >= 11 is 0. The van der Waals surface area contributed by atoms with Crippen LogP contribution in [0.5, 0.6) is 0 Å². The van der Waals surface area contributed by atoms with Gasteiger partial charge in [0, 0.05) is 0 Å². The third-order valence-electron chi connectivity index (χ3n) is 3.09. The smallest absolute Gasteiger partial charge is 0.123 e. The molecule has 0 N–H and O–H groups in total. The molecule has 0 fully saturated rings. The highest BCUT2D eigenvalue weighted by atomic mass is 19.1. The Bertz CT molecular complexity index is 416. The average Bonchev–Trinajstić information content (AvgIpc) is 2.41. The summed E-state index contributed by atoms with van der Waals surface area (Å²) in [5, 5.41) is 0. The lowest BCUT2D eigenvalue weighted by Crippen LogP contribution is -1.91. The number of hydrogen-bond acceptors (Lipinski definition) is 0. The molecule has 0 heterocycles. The van der Waals surface area contributed by atoms with Crippen molar-refractivity contribution in [3.63, 3.8) is 0 Å². The Balaban J connectivity index is 0.000000711. The van der Waals surface area contributed by atoms with Crippen LogP contribution in [0, 0.1) is 18.7 Å². The summed E-state index contributed by atoms with van der Waals surface area (Å²) in [6, 6.07) is 4.96. The number of aryl methyl sites for hydroxylation is 1. The zero-order valence-electron chi connectivity index (χ0n) is 13.0. The van der Waals surface area contributed by atoms with Gasteiger partial charge < -0.3 is 0 Å². The van der Waals surface area contributed by atoms with Gasteiger partial charge in [0.15, 0.2) is 0 Å². The standard InChI is InChI=1S/C14H19F.C4H8/c1-5-10(2)8-12(4)14-9-13(15)7-6-11(14)3;1-3-4-2/h6-10H,5H2,1-4H3;3H,1,4H2,2H3/b12-8-;. The van der Waals surface area contributed by atoms with Crippen molar-refractivity contribution in [2.24, 2.45) is 5.92 Å². The predicted octanol–water partition coefficient (Wildman–Crippen LogP) is 6.17. The Morgan fingerprint density at radius 3 is 2.42 bits per heavy atom. The summed E-state index contributed by atoms with van der Waals surface area (Å²) in [5.74, 6) is 0.389. The Morgan fingerprint density at radius 1 is 1.37 bits per heavy atom. The second kappa shape index (κ2) is 9.55. The monoisotopic (exact) mass is 262 g/mol. The van der Waals surface area contributed by atoms with E-state index in [4.69, 9.17) is 0 Å². The summed E-state index contributed by atoms with van der Waals surface area (Å²) in [5.41, 5.74) is 3.32. The summed E-state index contributed by atoms with van der Waals surface area (Å²) in [4.78, 5) is 0. The quantitative estimate of drug-likeness (QED) is 0.569. The van der Waals surface area contributed by atoms with Crippen molar-refractivity contribution in [2.75, 3.05) is 0 Å². The molecule has 1 unspecified atom stereocenters. The first kappa shape index (κ1) is 17.6. The van der Waals surface area contributed by atoms with Crippen LogP contribution in [0.15, 0.2) is 36.9 Å². The van der Waals surface area contributed by atoms with Crippen LogP contribution < -0.4 is 0 Å². The molecule has 106 valence electrons. The van der Waals surface area contributed by atoms with Crippen molar-refractivity contribution in [3.05, 3.63) is 53.9 Å². The molecule has 0 radical (unpaired) electrons. The first-order chi connectivity index (χ1) is 8.96. The van der Waals surface area contributed by atoms with Crippen LogP contribution in [-0.4, -0.2) is 0 Å². The normalized spacial score (nSPS) is 12.4. The average molecular weight is 262 g/mol. The molecular formula is C18H27F. The second-order valence-electron chi connectivity index (χ2n) is 4.89. The van der Waals surface area contributed by atoms with Gasteiger partial charge in [-0.1, -0.05) is 45.4 Å². The van der Waals surface area contributed by atoms with Crippen molar-refractivity contribution < 1.29 is 4.39 Å². The Morgan fingerprint density at radius 2 is 1.95 bits per heavy atom. The van der Waals surface area contributed by atoms with Crippen molar-refractivity contribution in [1.82, 2.24) is 0 Å². The van der Waals surface area contributed by atoms with Crippen molar-refractivity contribution in [3.8, 4) is 0 Å². The van der Waals surface area contributed by atoms with E-state index in [-0.39, 0.29) is 5.82 Å². The number of hydrogen-bond donors (Lipinski definition) is 0. The predicted molar refractivity (Wildman–Crippen MR) is 84.7 cm³/mol. The molecule has 0 aliphatic carbocycles. The molecule has 0 aromatic heterocycles. The molecule has 0 nitrogen and oxygen atoms in total. The van der Waals surface area contributed by atoms with Gasteiger partial charge in [0.1, 0.15) is 5.82 Å². The molecule has 0 aliphatic heterocycles. The topological polar surface area (TPSA) is 0 Å². The minimum absolute atomic E-state index is 0.160.